The van der Waals surface area contributed by atoms with E-state index in [0.29, 0.717) is 0 Å². The smallest absolute Gasteiger partial charge is 0.0860 e. The first-order valence-electron chi connectivity index (χ1n) is 5.92. The van der Waals surface area contributed by atoms with Gasteiger partial charge in [-0.15, -0.1) is 5.10 Å². The highest BCUT2D eigenvalue weighted by Gasteiger charge is 2.27. The van der Waals surface area contributed by atoms with E-state index in [-0.39, 0.29) is 11.5 Å². The van der Waals surface area contributed by atoms with Crippen LogP contribution in [0.25, 0.3) is 0 Å². The summed E-state index contributed by atoms with van der Waals surface area (Å²) in [7, 11) is 3.87. The van der Waals surface area contributed by atoms with Crippen LogP contribution in [0, 0.1) is 0 Å². The second kappa shape index (κ2) is 4.78. The average Bonchev–Trinajstić information content (AvgIpc) is 2.88. The summed E-state index contributed by atoms with van der Waals surface area (Å²) in [5, 5.41) is 11.8. The van der Waals surface area contributed by atoms with Gasteiger partial charge in [-0.25, -0.2) is 0 Å². The van der Waals surface area contributed by atoms with Crippen LogP contribution in [0.15, 0.2) is 12.4 Å². The summed E-state index contributed by atoms with van der Waals surface area (Å²) < 4.78 is 5.92. The molecule has 5 nitrogen and oxygen atoms in total. The van der Waals surface area contributed by atoms with Crippen molar-refractivity contribution in [3.05, 3.63) is 28.5 Å². The van der Waals surface area contributed by atoms with Gasteiger partial charge in [0.15, 0.2) is 0 Å². The van der Waals surface area contributed by atoms with E-state index >= 15 is 0 Å². The fourth-order valence-corrected chi connectivity index (χ4v) is 2.95. The first-order valence-corrected chi connectivity index (χ1v) is 6.69. The van der Waals surface area contributed by atoms with Crippen molar-refractivity contribution in [2.75, 3.05) is 7.05 Å². The summed E-state index contributed by atoms with van der Waals surface area (Å²) in [6.45, 7) is 6.47. The van der Waals surface area contributed by atoms with Gasteiger partial charge in [-0.1, -0.05) is 25.3 Å². The summed E-state index contributed by atoms with van der Waals surface area (Å²) in [5.41, 5.74) is 2.19. The molecule has 0 aliphatic rings. The fourth-order valence-electron chi connectivity index (χ4n) is 1.95. The molecule has 0 spiro atoms. The summed E-state index contributed by atoms with van der Waals surface area (Å²) >= 11 is 1.45. The molecule has 2 aromatic rings. The highest BCUT2D eigenvalue weighted by atomic mass is 32.1. The van der Waals surface area contributed by atoms with Gasteiger partial charge >= 0.3 is 0 Å². The minimum Gasteiger partial charge on any atom is -0.308 e. The van der Waals surface area contributed by atoms with E-state index < -0.39 is 0 Å². The fraction of sp³-hybridized carbons (Fsp3) is 0.583. The number of nitrogens with one attached hydrogen (secondary N) is 1. The highest BCUT2D eigenvalue weighted by Crippen LogP contribution is 2.33. The second-order valence-corrected chi connectivity index (χ2v) is 6.19. The third-order valence-electron chi connectivity index (χ3n) is 2.83. The number of aromatic nitrogens is 4. The Bertz CT molecular complexity index is 523. The molecule has 6 heteroatoms. The third kappa shape index (κ3) is 2.44. The number of aryl methyl sites for hydroxylation is 1. The molecule has 98 valence electrons. The quantitative estimate of drug-likeness (QED) is 0.920. The summed E-state index contributed by atoms with van der Waals surface area (Å²) in [6, 6.07) is 0.105. The van der Waals surface area contributed by atoms with Crippen molar-refractivity contribution in [2.45, 2.75) is 32.2 Å². The molecule has 1 atom stereocenters. The van der Waals surface area contributed by atoms with E-state index in [1.807, 2.05) is 31.2 Å². The Labute approximate surface area is 111 Å². The van der Waals surface area contributed by atoms with Gasteiger partial charge < -0.3 is 5.32 Å². The van der Waals surface area contributed by atoms with Gasteiger partial charge in [-0.2, -0.15) is 5.10 Å². The maximum Gasteiger partial charge on any atom is 0.0860 e. The van der Waals surface area contributed by atoms with Crippen molar-refractivity contribution in [3.8, 4) is 0 Å². The van der Waals surface area contributed by atoms with E-state index in [1.165, 1.54) is 11.5 Å². The molecule has 2 aromatic heterocycles. The van der Waals surface area contributed by atoms with Crippen molar-refractivity contribution in [1.82, 2.24) is 24.7 Å². The Hall–Kier alpha value is -1.27. The van der Waals surface area contributed by atoms with Crippen molar-refractivity contribution in [1.29, 1.82) is 0 Å². The molecule has 0 saturated heterocycles. The molecule has 0 fully saturated rings. The van der Waals surface area contributed by atoms with Crippen molar-refractivity contribution in [3.63, 3.8) is 0 Å². The molecule has 18 heavy (non-hydrogen) atoms. The van der Waals surface area contributed by atoms with Crippen molar-refractivity contribution >= 4 is 11.5 Å². The Kier molecular flexibility index (Phi) is 3.49. The number of nitrogens with zero attached hydrogens (tertiary/aromatic N) is 4. The average molecular weight is 265 g/mol. The molecule has 0 bridgehead atoms. The number of rotatable bonds is 3. The van der Waals surface area contributed by atoms with Crippen LogP contribution in [-0.2, 0) is 12.5 Å². The zero-order valence-corrected chi connectivity index (χ0v) is 12.2. The molecular weight excluding hydrogens is 246 g/mol. The molecule has 1 N–H and O–H groups in total. The Morgan fingerprint density at radius 2 is 2.11 bits per heavy atom. The molecule has 0 aliphatic carbocycles. The highest BCUT2D eigenvalue weighted by molar-refractivity contribution is 7.05. The molecule has 0 aliphatic heterocycles. The van der Waals surface area contributed by atoms with Gasteiger partial charge in [0, 0.05) is 24.2 Å². The van der Waals surface area contributed by atoms with E-state index in [2.05, 4.69) is 40.8 Å². The van der Waals surface area contributed by atoms with Crippen LogP contribution in [0.3, 0.4) is 0 Å². The third-order valence-corrected chi connectivity index (χ3v) is 3.62. The first-order chi connectivity index (χ1) is 8.43. The van der Waals surface area contributed by atoms with Crippen LogP contribution in [-0.4, -0.2) is 26.4 Å². The largest absolute Gasteiger partial charge is 0.308 e. The molecule has 0 radical (unpaired) electrons. The molecule has 1 unspecified atom stereocenters. The van der Waals surface area contributed by atoms with Gasteiger partial charge in [0.2, 0.25) is 0 Å². The Morgan fingerprint density at radius 1 is 1.39 bits per heavy atom. The van der Waals surface area contributed by atoms with Gasteiger partial charge in [0.05, 0.1) is 22.8 Å². The topological polar surface area (TPSA) is 55.6 Å². The lowest BCUT2D eigenvalue weighted by Crippen LogP contribution is -2.22. The Morgan fingerprint density at radius 3 is 2.61 bits per heavy atom. The molecular formula is C12H19N5S. The molecule has 0 amide bonds. The molecule has 2 heterocycles. The molecule has 0 aromatic carbocycles. The van der Waals surface area contributed by atoms with Gasteiger partial charge in [-0.3, -0.25) is 4.68 Å². The number of hydrogen-bond donors (Lipinski definition) is 1. The standard InChI is InChI=1S/C12H19N5S/c1-12(2,3)11-10(18-16-15-11)9(13-4)8-6-14-17(5)7-8/h6-7,9,13H,1-5H3. The van der Waals surface area contributed by atoms with Crippen LogP contribution in [0.1, 0.15) is 42.9 Å². The predicted octanol–water partition coefficient (Wildman–Crippen LogP) is 1.88. The number of hydrogen-bond acceptors (Lipinski definition) is 5. The predicted molar refractivity (Wildman–Crippen MR) is 72.7 cm³/mol. The van der Waals surface area contributed by atoms with Crippen LogP contribution in [0.5, 0.6) is 0 Å². The minimum absolute atomic E-state index is 0.000355. The summed E-state index contributed by atoms with van der Waals surface area (Å²) in [5.74, 6) is 0. The monoisotopic (exact) mass is 265 g/mol. The SMILES string of the molecule is CNC(c1cnn(C)c1)c1snnc1C(C)(C)C. The molecule has 2 rings (SSSR count). The van der Waals surface area contributed by atoms with E-state index in [4.69, 9.17) is 0 Å². The normalized spacial score (nSPS) is 13.8. The van der Waals surface area contributed by atoms with E-state index in [0.717, 1.165) is 16.1 Å². The van der Waals surface area contributed by atoms with Gasteiger partial charge in [0.1, 0.15) is 0 Å². The lowest BCUT2D eigenvalue weighted by Gasteiger charge is -2.20. The lowest BCUT2D eigenvalue weighted by molar-refractivity contribution is 0.549. The lowest BCUT2D eigenvalue weighted by atomic mass is 9.89. The van der Waals surface area contributed by atoms with Crippen LogP contribution in [0.2, 0.25) is 0 Å². The van der Waals surface area contributed by atoms with Crippen molar-refractivity contribution in [2.24, 2.45) is 7.05 Å². The molecule has 0 saturated carbocycles. The second-order valence-electron chi connectivity index (χ2n) is 5.40. The summed E-state index contributed by atoms with van der Waals surface area (Å²) in [4.78, 5) is 1.16. The van der Waals surface area contributed by atoms with E-state index in [9.17, 15) is 0 Å². The Balaban J connectivity index is 2.43. The van der Waals surface area contributed by atoms with Crippen LogP contribution < -0.4 is 5.32 Å². The van der Waals surface area contributed by atoms with Crippen LogP contribution in [0.4, 0.5) is 0 Å². The van der Waals surface area contributed by atoms with Gasteiger partial charge in [0.25, 0.3) is 0 Å². The zero-order valence-electron chi connectivity index (χ0n) is 11.4. The maximum absolute atomic E-state index is 4.29. The van der Waals surface area contributed by atoms with E-state index in [1.54, 1.807) is 0 Å². The summed E-state index contributed by atoms with van der Waals surface area (Å²) in [6.07, 6.45) is 3.90. The van der Waals surface area contributed by atoms with Crippen molar-refractivity contribution < 1.29 is 0 Å². The maximum atomic E-state index is 4.29. The first kappa shape index (κ1) is 13.2. The van der Waals surface area contributed by atoms with Crippen LogP contribution >= 0.6 is 11.5 Å². The zero-order chi connectivity index (χ0) is 13.3. The minimum atomic E-state index is -0.000355. The van der Waals surface area contributed by atoms with Gasteiger partial charge in [-0.05, 0) is 18.6 Å².